The van der Waals surface area contributed by atoms with Crippen LogP contribution in [0.25, 0.3) is 5.69 Å². The van der Waals surface area contributed by atoms with Crippen molar-refractivity contribution >= 4 is 11.7 Å². The van der Waals surface area contributed by atoms with Crippen molar-refractivity contribution in [3.05, 3.63) is 46.9 Å². The van der Waals surface area contributed by atoms with Gasteiger partial charge in [0.2, 0.25) is 5.91 Å². The molecular weight excluding hydrogens is 359 g/mol. The molecule has 7 heteroatoms. The van der Waals surface area contributed by atoms with Gasteiger partial charge >= 0.3 is 0 Å². The van der Waals surface area contributed by atoms with E-state index in [1.54, 1.807) is 16.7 Å². The Morgan fingerprint density at radius 3 is 2.61 bits per heavy atom. The molecular formula is C21H25FN4O2. The minimum Gasteiger partial charge on any atom is -0.373 e. The summed E-state index contributed by atoms with van der Waals surface area (Å²) in [5, 5.41) is 12.5. The van der Waals surface area contributed by atoms with Crippen molar-refractivity contribution in [2.24, 2.45) is 0 Å². The Balaban J connectivity index is 1.90. The monoisotopic (exact) mass is 384 g/mol. The summed E-state index contributed by atoms with van der Waals surface area (Å²) in [6, 6.07) is 8.27. The summed E-state index contributed by atoms with van der Waals surface area (Å²) in [6.07, 6.45) is 0.124. The Kier molecular flexibility index (Phi) is 5.82. The zero-order valence-electron chi connectivity index (χ0n) is 16.6. The first-order valence-corrected chi connectivity index (χ1v) is 9.35. The van der Waals surface area contributed by atoms with Crippen LogP contribution < -0.4 is 5.32 Å². The number of halogens is 1. The van der Waals surface area contributed by atoms with Crippen LogP contribution in [-0.4, -0.2) is 47.2 Å². The Morgan fingerprint density at radius 1 is 1.32 bits per heavy atom. The molecule has 148 valence electrons. The van der Waals surface area contributed by atoms with Crippen molar-refractivity contribution in [3.8, 4) is 11.8 Å². The van der Waals surface area contributed by atoms with Gasteiger partial charge in [0.15, 0.2) is 0 Å². The molecule has 1 aromatic heterocycles. The first-order chi connectivity index (χ1) is 13.3. The molecule has 1 amide bonds. The number of amides is 1. The van der Waals surface area contributed by atoms with Crippen LogP contribution in [-0.2, 0) is 9.53 Å². The zero-order valence-corrected chi connectivity index (χ0v) is 16.6. The predicted molar refractivity (Wildman–Crippen MR) is 105 cm³/mol. The maximum atomic E-state index is 13.8. The maximum Gasteiger partial charge on any atom is 0.239 e. The highest BCUT2D eigenvalue weighted by atomic mass is 19.1. The average Bonchev–Trinajstić information content (AvgIpc) is 2.83. The van der Waals surface area contributed by atoms with Crippen molar-refractivity contribution in [2.75, 3.05) is 25.0 Å². The van der Waals surface area contributed by atoms with Gasteiger partial charge in [0.25, 0.3) is 0 Å². The second-order valence-corrected chi connectivity index (χ2v) is 7.36. The lowest BCUT2D eigenvalue weighted by atomic mass is 10.2. The van der Waals surface area contributed by atoms with Gasteiger partial charge in [-0.15, -0.1) is 0 Å². The van der Waals surface area contributed by atoms with Crippen LogP contribution in [0.5, 0.6) is 0 Å². The van der Waals surface area contributed by atoms with Gasteiger partial charge in [-0.25, -0.2) is 4.39 Å². The lowest BCUT2D eigenvalue weighted by molar-refractivity contribution is -0.121. The maximum absolute atomic E-state index is 13.8. The molecule has 3 rings (SSSR count). The van der Waals surface area contributed by atoms with Gasteiger partial charge in [0, 0.05) is 18.8 Å². The van der Waals surface area contributed by atoms with Gasteiger partial charge < -0.3 is 10.1 Å². The zero-order chi connectivity index (χ0) is 20.4. The summed E-state index contributed by atoms with van der Waals surface area (Å²) in [4.78, 5) is 14.8. The molecule has 6 nitrogen and oxygen atoms in total. The third-order valence-electron chi connectivity index (χ3n) is 5.01. The molecule has 1 aliphatic rings. The van der Waals surface area contributed by atoms with Crippen molar-refractivity contribution in [3.63, 3.8) is 0 Å². The highest BCUT2D eigenvalue weighted by Crippen LogP contribution is 2.30. The molecule has 0 radical (unpaired) electrons. The number of nitrogens with one attached hydrogen (secondary N) is 1. The summed E-state index contributed by atoms with van der Waals surface area (Å²) < 4.78 is 21.2. The van der Waals surface area contributed by atoms with E-state index in [2.05, 4.69) is 11.4 Å². The fourth-order valence-corrected chi connectivity index (χ4v) is 3.79. The van der Waals surface area contributed by atoms with E-state index in [1.165, 1.54) is 12.1 Å². The highest BCUT2D eigenvalue weighted by Gasteiger charge is 2.25. The normalized spacial score (nSPS) is 20.0. The van der Waals surface area contributed by atoms with Gasteiger partial charge in [0.05, 0.1) is 30.0 Å². The average molecular weight is 384 g/mol. The fourth-order valence-electron chi connectivity index (χ4n) is 3.79. The quantitative estimate of drug-likeness (QED) is 0.879. The largest absolute Gasteiger partial charge is 0.373 e. The molecule has 0 saturated carbocycles. The van der Waals surface area contributed by atoms with E-state index in [0.717, 1.165) is 11.3 Å². The third kappa shape index (κ3) is 4.08. The van der Waals surface area contributed by atoms with Crippen LogP contribution in [0.3, 0.4) is 0 Å². The third-order valence-corrected chi connectivity index (χ3v) is 5.01. The number of nitrogens with zero attached hydrogens (tertiary/aromatic N) is 3. The van der Waals surface area contributed by atoms with E-state index in [4.69, 9.17) is 4.74 Å². The number of hydrogen-bond donors (Lipinski definition) is 1. The molecule has 1 aliphatic heterocycles. The number of nitriles is 1. The van der Waals surface area contributed by atoms with E-state index in [9.17, 15) is 14.4 Å². The minimum absolute atomic E-state index is 0.0619. The van der Waals surface area contributed by atoms with Gasteiger partial charge in [0.1, 0.15) is 17.7 Å². The topological polar surface area (TPSA) is 70.3 Å². The van der Waals surface area contributed by atoms with Crippen molar-refractivity contribution in [2.45, 2.75) is 39.9 Å². The van der Waals surface area contributed by atoms with Crippen molar-refractivity contribution in [1.29, 1.82) is 5.26 Å². The summed E-state index contributed by atoms with van der Waals surface area (Å²) in [7, 11) is 0. The summed E-state index contributed by atoms with van der Waals surface area (Å²) in [6.45, 7) is 9.19. The van der Waals surface area contributed by atoms with Crippen LogP contribution in [0.4, 0.5) is 10.2 Å². The van der Waals surface area contributed by atoms with Gasteiger partial charge in [-0.1, -0.05) is 6.07 Å². The molecule has 28 heavy (non-hydrogen) atoms. The van der Waals surface area contributed by atoms with Crippen LogP contribution in [0.1, 0.15) is 30.7 Å². The SMILES string of the molecule is Cc1c(C#N)c(NC(=O)CN2C[C@@H](C)O[C@H](C)C2)n(-c2cccc(F)c2)c1C. The molecule has 2 heterocycles. The number of anilines is 1. The molecule has 2 atom stereocenters. The van der Waals surface area contributed by atoms with Crippen LogP contribution in [0.15, 0.2) is 24.3 Å². The van der Waals surface area contributed by atoms with E-state index < -0.39 is 0 Å². The molecule has 1 fully saturated rings. The van der Waals surface area contributed by atoms with Gasteiger partial charge in [-0.05, 0) is 51.5 Å². The standard InChI is InChI=1S/C21H25FN4O2/c1-13-10-25(11-14(2)28-13)12-20(27)24-21-19(9-23)15(3)16(4)26(21)18-7-5-6-17(22)8-18/h5-8,13-14H,10-12H2,1-4H3,(H,24,27)/t13-,14-/m1/s1. The Hall–Kier alpha value is -2.69. The summed E-state index contributed by atoms with van der Waals surface area (Å²) in [5.41, 5.74) is 2.49. The van der Waals surface area contributed by atoms with Crippen molar-refractivity contribution in [1.82, 2.24) is 9.47 Å². The number of morpholine rings is 1. The number of benzene rings is 1. The van der Waals surface area contributed by atoms with Crippen LogP contribution >= 0.6 is 0 Å². The van der Waals surface area contributed by atoms with Gasteiger partial charge in [-0.2, -0.15) is 5.26 Å². The molecule has 1 aromatic carbocycles. The second kappa shape index (κ2) is 8.13. The van der Waals surface area contributed by atoms with E-state index in [-0.39, 0.29) is 30.5 Å². The predicted octanol–water partition coefficient (Wildman–Crippen LogP) is 3.15. The highest BCUT2D eigenvalue weighted by molar-refractivity contribution is 5.93. The molecule has 1 saturated heterocycles. The molecule has 0 spiro atoms. The molecule has 0 aliphatic carbocycles. The number of hydrogen-bond acceptors (Lipinski definition) is 4. The smallest absolute Gasteiger partial charge is 0.239 e. The number of rotatable bonds is 4. The lowest BCUT2D eigenvalue weighted by Gasteiger charge is -2.34. The lowest BCUT2D eigenvalue weighted by Crippen LogP contribution is -2.48. The van der Waals surface area contributed by atoms with Crippen LogP contribution in [0, 0.1) is 31.0 Å². The van der Waals surface area contributed by atoms with Crippen LogP contribution in [0.2, 0.25) is 0 Å². The Bertz CT molecular complexity index is 921. The Morgan fingerprint density at radius 2 is 2.00 bits per heavy atom. The van der Waals surface area contributed by atoms with E-state index in [1.807, 2.05) is 32.6 Å². The minimum atomic E-state index is -0.379. The fraction of sp³-hybridized carbons (Fsp3) is 0.429. The van der Waals surface area contributed by atoms with Gasteiger partial charge in [-0.3, -0.25) is 14.3 Å². The first kappa shape index (κ1) is 20.1. The summed E-state index contributed by atoms with van der Waals surface area (Å²) >= 11 is 0. The Labute approximate surface area is 164 Å². The molecule has 0 unspecified atom stereocenters. The molecule has 1 N–H and O–H groups in total. The number of aromatic nitrogens is 1. The molecule has 2 aromatic rings. The van der Waals surface area contributed by atoms with Crippen molar-refractivity contribution < 1.29 is 13.9 Å². The number of carbonyl (C=O) groups is 1. The second-order valence-electron chi connectivity index (χ2n) is 7.36. The van der Waals surface area contributed by atoms with E-state index >= 15 is 0 Å². The number of carbonyl (C=O) groups excluding carboxylic acids is 1. The molecule has 0 bridgehead atoms. The van der Waals surface area contributed by atoms with E-state index in [0.29, 0.717) is 30.2 Å². The first-order valence-electron chi connectivity index (χ1n) is 9.35. The summed E-state index contributed by atoms with van der Waals surface area (Å²) in [5.74, 6) is -0.217. The number of ether oxygens (including phenoxy) is 1.